The summed E-state index contributed by atoms with van der Waals surface area (Å²) in [5.74, 6) is -1.17. The first-order valence-electron chi connectivity index (χ1n) is 6.77. The van der Waals surface area contributed by atoms with Crippen molar-refractivity contribution in [2.24, 2.45) is 5.10 Å². The summed E-state index contributed by atoms with van der Waals surface area (Å²) in [5, 5.41) is 15.1. The molecule has 2 heterocycles. The number of amides is 1. The molecule has 3 rings (SSSR count). The van der Waals surface area contributed by atoms with Crippen LogP contribution in [-0.2, 0) is 0 Å². The molecule has 0 radical (unpaired) electrons. The lowest BCUT2D eigenvalue weighted by molar-refractivity contribution is -0.390. The number of carbonyl (C=O) groups excluding carboxylic acids is 1. The lowest BCUT2D eigenvalue weighted by atomic mass is 10.2. The van der Waals surface area contributed by atoms with Crippen molar-refractivity contribution in [1.82, 2.24) is 14.8 Å². The van der Waals surface area contributed by atoms with Gasteiger partial charge in [0.05, 0.1) is 10.7 Å². The van der Waals surface area contributed by atoms with E-state index in [1.54, 1.807) is 24.3 Å². The number of nitrogens with zero attached hydrogens (tertiary/aromatic N) is 4. The summed E-state index contributed by atoms with van der Waals surface area (Å²) in [6, 6.07) is 12.4. The standard InChI is InChI=1S/C15H10BrN5O3/c16-11-6-7-12-18-13(15(21(23)24)20(12)9-11)14(22)19-17-8-10-4-2-1-3-5-10/h1-9H,(H,19,22)/b17-8+. The second kappa shape index (κ2) is 6.59. The van der Waals surface area contributed by atoms with E-state index >= 15 is 0 Å². The van der Waals surface area contributed by atoms with E-state index in [2.05, 4.69) is 31.4 Å². The number of carbonyl (C=O) groups is 1. The molecule has 0 spiro atoms. The number of benzene rings is 1. The number of hydrogen-bond donors (Lipinski definition) is 1. The van der Waals surface area contributed by atoms with Gasteiger partial charge in [0.2, 0.25) is 11.3 Å². The first-order valence-corrected chi connectivity index (χ1v) is 7.56. The van der Waals surface area contributed by atoms with Crippen LogP contribution >= 0.6 is 15.9 Å². The number of rotatable bonds is 4. The summed E-state index contributed by atoms with van der Waals surface area (Å²) < 4.78 is 1.87. The predicted molar refractivity (Wildman–Crippen MR) is 91.0 cm³/mol. The maximum Gasteiger partial charge on any atom is 0.361 e. The van der Waals surface area contributed by atoms with Crippen molar-refractivity contribution in [3.8, 4) is 0 Å². The van der Waals surface area contributed by atoms with Gasteiger partial charge < -0.3 is 10.1 Å². The molecule has 0 aliphatic carbocycles. The summed E-state index contributed by atoms with van der Waals surface area (Å²) in [4.78, 5) is 26.9. The fourth-order valence-electron chi connectivity index (χ4n) is 2.09. The highest BCUT2D eigenvalue weighted by molar-refractivity contribution is 9.10. The van der Waals surface area contributed by atoms with Crippen molar-refractivity contribution in [3.05, 3.63) is 74.5 Å². The van der Waals surface area contributed by atoms with Crippen LogP contribution in [0.3, 0.4) is 0 Å². The number of pyridine rings is 1. The van der Waals surface area contributed by atoms with Crippen LogP contribution in [0.5, 0.6) is 0 Å². The zero-order chi connectivity index (χ0) is 17.1. The summed E-state index contributed by atoms with van der Waals surface area (Å²) >= 11 is 3.23. The Bertz CT molecular complexity index is 952. The van der Waals surface area contributed by atoms with E-state index in [1.165, 1.54) is 16.8 Å². The van der Waals surface area contributed by atoms with Crippen molar-refractivity contribution in [1.29, 1.82) is 0 Å². The van der Waals surface area contributed by atoms with E-state index in [0.717, 1.165) is 5.56 Å². The van der Waals surface area contributed by atoms with Crippen LogP contribution in [0.4, 0.5) is 5.82 Å². The van der Waals surface area contributed by atoms with E-state index < -0.39 is 16.6 Å². The highest BCUT2D eigenvalue weighted by Crippen LogP contribution is 2.23. The summed E-state index contributed by atoms with van der Waals surface area (Å²) in [6.07, 6.45) is 2.92. The number of aromatic nitrogens is 2. The molecule has 3 aromatic rings. The second-order valence-corrected chi connectivity index (χ2v) is 5.64. The molecule has 2 aromatic heterocycles. The van der Waals surface area contributed by atoms with Gasteiger partial charge in [0.25, 0.3) is 5.91 Å². The maximum absolute atomic E-state index is 12.2. The molecule has 120 valence electrons. The minimum Gasteiger partial charge on any atom is -0.358 e. The average Bonchev–Trinajstić information content (AvgIpc) is 2.94. The number of fused-ring (bicyclic) bond motifs is 1. The number of hydrazone groups is 1. The van der Waals surface area contributed by atoms with Crippen molar-refractivity contribution >= 4 is 39.5 Å². The maximum atomic E-state index is 12.2. The lowest BCUT2D eigenvalue weighted by Gasteiger charge is -1.98. The zero-order valence-corrected chi connectivity index (χ0v) is 13.7. The van der Waals surface area contributed by atoms with Crippen molar-refractivity contribution < 1.29 is 9.72 Å². The number of nitrogens with one attached hydrogen (secondary N) is 1. The molecular weight excluding hydrogens is 378 g/mol. The Morgan fingerprint density at radius 3 is 2.75 bits per heavy atom. The van der Waals surface area contributed by atoms with E-state index in [9.17, 15) is 14.9 Å². The molecule has 0 saturated carbocycles. The van der Waals surface area contributed by atoms with Crippen LogP contribution in [0.1, 0.15) is 16.1 Å². The minimum absolute atomic E-state index is 0.294. The molecule has 1 aromatic carbocycles. The summed E-state index contributed by atoms with van der Waals surface area (Å²) in [7, 11) is 0. The Labute approximate surface area is 144 Å². The van der Waals surface area contributed by atoms with Gasteiger partial charge in [-0.25, -0.2) is 5.43 Å². The molecule has 24 heavy (non-hydrogen) atoms. The third-order valence-corrected chi connectivity index (χ3v) is 3.59. The molecule has 0 bridgehead atoms. The van der Waals surface area contributed by atoms with E-state index in [4.69, 9.17) is 0 Å². The molecule has 8 nitrogen and oxygen atoms in total. The van der Waals surface area contributed by atoms with Crippen LogP contribution < -0.4 is 5.43 Å². The SMILES string of the molecule is O=C(N/N=C/c1ccccc1)c1nc2ccc(Br)cn2c1[N+](=O)[O-]. The molecule has 9 heteroatoms. The Hall–Kier alpha value is -3.07. The topological polar surface area (TPSA) is 102 Å². The van der Waals surface area contributed by atoms with Crippen molar-refractivity contribution in [2.75, 3.05) is 0 Å². The van der Waals surface area contributed by atoms with E-state index in [-0.39, 0.29) is 5.69 Å². The monoisotopic (exact) mass is 387 g/mol. The van der Waals surface area contributed by atoms with Gasteiger partial charge in [-0.3, -0.25) is 4.79 Å². The van der Waals surface area contributed by atoms with Gasteiger partial charge in [-0.15, -0.1) is 0 Å². The molecule has 0 aliphatic heterocycles. The van der Waals surface area contributed by atoms with E-state index in [1.807, 2.05) is 18.2 Å². The Morgan fingerprint density at radius 2 is 2.04 bits per heavy atom. The normalized spacial score (nSPS) is 11.0. The Morgan fingerprint density at radius 1 is 1.29 bits per heavy atom. The molecule has 0 atom stereocenters. The first-order chi connectivity index (χ1) is 11.6. The second-order valence-electron chi connectivity index (χ2n) is 4.73. The average molecular weight is 388 g/mol. The van der Waals surface area contributed by atoms with Gasteiger partial charge in [0.1, 0.15) is 6.20 Å². The fourth-order valence-corrected chi connectivity index (χ4v) is 2.43. The molecule has 1 amide bonds. The Kier molecular flexibility index (Phi) is 4.34. The highest BCUT2D eigenvalue weighted by atomic mass is 79.9. The highest BCUT2D eigenvalue weighted by Gasteiger charge is 2.27. The summed E-state index contributed by atoms with van der Waals surface area (Å²) in [5.41, 5.74) is 3.03. The molecule has 0 aliphatic rings. The zero-order valence-electron chi connectivity index (χ0n) is 12.1. The predicted octanol–water partition coefficient (Wildman–Crippen LogP) is 2.77. The van der Waals surface area contributed by atoms with Crippen molar-refractivity contribution in [3.63, 3.8) is 0 Å². The van der Waals surface area contributed by atoms with E-state index in [0.29, 0.717) is 10.1 Å². The quantitative estimate of drug-likeness (QED) is 0.422. The molecule has 1 N–H and O–H groups in total. The van der Waals surface area contributed by atoms with Crippen LogP contribution in [0.25, 0.3) is 5.65 Å². The third-order valence-electron chi connectivity index (χ3n) is 3.12. The third kappa shape index (κ3) is 3.15. The van der Waals surface area contributed by atoms with Crippen LogP contribution in [0.2, 0.25) is 0 Å². The first kappa shape index (κ1) is 15.8. The van der Waals surface area contributed by atoms with Crippen LogP contribution in [0, 0.1) is 10.1 Å². The molecule has 0 saturated heterocycles. The van der Waals surface area contributed by atoms with Crippen molar-refractivity contribution in [2.45, 2.75) is 0 Å². The number of nitro groups is 1. The molecule has 0 unspecified atom stereocenters. The molecule has 0 fully saturated rings. The van der Waals surface area contributed by atoms with Gasteiger partial charge in [-0.05, 0) is 32.5 Å². The lowest BCUT2D eigenvalue weighted by Crippen LogP contribution is -2.19. The smallest absolute Gasteiger partial charge is 0.358 e. The number of hydrogen-bond acceptors (Lipinski definition) is 5. The van der Waals surface area contributed by atoms with Gasteiger partial charge in [0, 0.05) is 6.07 Å². The van der Waals surface area contributed by atoms with Gasteiger partial charge >= 0.3 is 5.82 Å². The van der Waals surface area contributed by atoms with Crippen LogP contribution in [-0.4, -0.2) is 26.4 Å². The van der Waals surface area contributed by atoms with Gasteiger partial charge in [-0.1, -0.05) is 30.3 Å². The summed E-state index contributed by atoms with van der Waals surface area (Å²) in [6.45, 7) is 0. The number of halogens is 1. The Balaban J connectivity index is 1.91. The fraction of sp³-hybridized carbons (Fsp3) is 0. The number of imidazole rings is 1. The van der Waals surface area contributed by atoms with Crippen LogP contribution in [0.15, 0.2) is 58.2 Å². The van der Waals surface area contributed by atoms with Gasteiger partial charge in [0.15, 0.2) is 0 Å². The minimum atomic E-state index is -0.756. The van der Waals surface area contributed by atoms with Gasteiger partial charge in [-0.2, -0.15) is 14.5 Å². The largest absolute Gasteiger partial charge is 0.361 e. The molecular formula is C15H10BrN5O3.